The van der Waals surface area contributed by atoms with Crippen LogP contribution in [0.5, 0.6) is 5.75 Å². The van der Waals surface area contributed by atoms with Gasteiger partial charge in [-0.25, -0.2) is 0 Å². The summed E-state index contributed by atoms with van der Waals surface area (Å²) in [5.74, 6) is 0.887. The molecule has 0 unspecified atom stereocenters. The summed E-state index contributed by atoms with van der Waals surface area (Å²) < 4.78 is 0. The maximum absolute atomic E-state index is 6.51. The fourth-order valence-electron chi connectivity index (χ4n) is 4.23. The Morgan fingerprint density at radius 1 is 0.586 bits per heavy atom. The van der Waals surface area contributed by atoms with E-state index in [0.29, 0.717) is 0 Å². The van der Waals surface area contributed by atoms with E-state index in [-0.39, 0.29) is 0 Å². The van der Waals surface area contributed by atoms with Gasteiger partial charge in [-0.2, -0.15) is 5.06 Å². The van der Waals surface area contributed by atoms with Crippen LogP contribution in [0.4, 0.5) is 5.69 Å². The van der Waals surface area contributed by atoms with Crippen LogP contribution in [0.3, 0.4) is 0 Å². The molecule has 0 aromatic heterocycles. The zero-order chi connectivity index (χ0) is 19.8. The predicted molar refractivity (Wildman–Crippen MR) is 118 cm³/mol. The van der Waals surface area contributed by atoms with Gasteiger partial charge in [-0.1, -0.05) is 96.1 Å². The minimum Gasteiger partial charge on any atom is -0.378 e. The molecule has 29 heavy (non-hydrogen) atoms. The molecule has 0 bridgehead atoms. The number of fused-ring (bicyclic) bond motifs is 1. The van der Waals surface area contributed by atoms with Crippen molar-refractivity contribution in [2.24, 2.45) is 0 Å². The van der Waals surface area contributed by atoms with Crippen LogP contribution in [0.1, 0.15) is 27.8 Å². The Morgan fingerprint density at radius 3 is 1.69 bits per heavy atom. The lowest BCUT2D eigenvalue weighted by molar-refractivity contribution is 0.262. The highest BCUT2D eigenvalue weighted by molar-refractivity contribution is 5.67. The van der Waals surface area contributed by atoms with Gasteiger partial charge < -0.3 is 4.84 Å². The van der Waals surface area contributed by atoms with E-state index in [0.717, 1.165) is 17.0 Å². The Kier molecular flexibility index (Phi) is 4.13. The summed E-state index contributed by atoms with van der Waals surface area (Å²) in [4.78, 5) is 6.51. The van der Waals surface area contributed by atoms with Gasteiger partial charge in [0.15, 0.2) is 11.3 Å². The highest BCUT2D eigenvalue weighted by Gasteiger charge is 2.50. The third-order valence-electron chi connectivity index (χ3n) is 5.70. The van der Waals surface area contributed by atoms with Crippen LogP contribution in [0.15, 0.2) is 103 Å². The molecular formula is C27H23NO. The Morgan fingerprint density at radius 2 is 1.10 bits per heavy atom. The quantitative estimate of drug-likeness (QED) is 0.409. The fourth-order valence-corrected chi connectivity index (χ4v) is 4.23. The minimum absolute atomic E-state index is 0.570. The van der Waals surface area contributed by atoms with Gasteiger partial charge in [0.05, 0.1) is 5.69 Å². The standard InChI is InChI=1S/C27H23NO/c1-20-12-16-22(17-13-20)27(23-18-14-21(2)15-19-23)25-10-6-7-11-26(25)29-28(27)24-8-4-3-5-9-24/h3-19H,1-2H3. The average molecular weight is 377 g/mol. The maximum Gasteiger partial charge on any atom is 0.161 e. The number of nitrogens with zero attached hydrogens (tertiary/aromatic N) is 1. The first kappa shape index (κ1) is 17.6. The van der Waals surface area contributed by atoms with Crippen LogP contribution in [0, 0.1) is 13.8 Å². The predicted octanol–water partition coefficient (Wildman–Crippen LogP) is 6.41. The number of rotatable bonds is 3. The monoisotopic (exact) mass is 377 g/mol. The lowest BCUT2D eigenvalue weighted by atomic mass is 9.76. The van der Waals surface area contributed by atoms with Crippen molar-refractivity contribution in [3.05, 3.63) is 131 Å². The van der Waals surface area contributed by atoms with E-state index in [1.54, 1.807) is 0 Å². The van der Waals surface area contributed by atoms with Crippen molar-refractivity contribution in [2.45, 2.75) is 19.4 Å². The van der Waals surface area contributed by atoms with Crippen molar-refractivity contribution >= 4 is 5.69 Å². The van der Waals surface area contributed by atoms with E-state index >= 15 is 0 Å². The Labute approximate surface area is 172 Å². The van der Waals surface area contributed by atoms with Crippen LogP contribution in [-0.4, -0.2) is 0 Å². The largest absolute Gasteiger partial charge is 0.378 e. The van der Waals surface area contributed by atoms with Crippen molar-refractivity contribution in [1.82, 2.24) is 0 Å². The lowest BCUT2D eigenvalue weighted by Gasteiger charge is -2.39. The van der Waals surface area contributed by atoms with E-state index < -0.39 is 5.54 Å². The first-order chi connectivity index (χ1) is 14.2. The number of benzene rings is 4. The van der Waals surface area contributed by atoms with Crippen LogP contribution in [0.2, 0.25) is 0 Å². The van der Waals surface area contributed by atoms with Gasteiger partial charge in [-0.3, -0.25) is 0 Å². The third kappa shape index (κ3) is 2.72. The first-order valence-corrected chi connectivity index (χ1v) is 9.96. The molecule has 0 fully saturated rings. The molecular weight excluding hydrogens is 354 g/mol. The van der Waals surface area contributed by atoms with E-state index in [9.17, 15) is 0 Å². The minimum atomic E-state index is -0.570. The van der Waals surface area contributed by atoms with Gasteiger partial charge in [0.25, 0.3) is 0 Å². The van der Waals surface area contributed by atoms with Gasteiger partial charge in [0.2, 0.25) is 0 Å². The molecule has 1 aliphatic rings. The summed E-state index contributed by atoms with van der Waals surface area (Å²) in [6.07, 6.45) is 0. The molecule has 1 aliphatic heterocycles. The fraction of sp³-hybridized carbons (Fsp3) is 0.111. The smallest absolute Gasteiger partial charge is 0.161 e. The summed E-state index contributed by atoms with van der Waals surface area (Å²) in [7, 11) is 0. The molecule has 2 heteroatoms. The van der Waals surface area contributed by atoms with Crippen molar-refractivity contribution in [2.75, 3.05) is 5.06 Å². The van der Waals surface area contributed by atoms with Crippen LogP contribution >= 0.6 is 0 Å². The second-order valence-corrected chi connectivity index (χ2v) is 7.66. The van der Waals surface area contributed by atoms with E-state index in [1.807, 2.05) is 12.1 Å². The molecule has 5 rings (SSSR count). The summed E-state index contributed by atoms with van der Waals surface area (Å²) in [5, 5.41) is 2.06. The molecule has 0 radical (unpaired) electrons. The summed E-state index contributed by atoms with van der Waals surface area (Å²) in [5.41, 5.74) is 6.44. The Balaban J connectivity index is 1.86. The van der Waals surface area contributed by atoms with Gasteiger partial charge in [-0.15, -0.1) is 0 Å². The zero-order valence-corrected chi connectivity index (χ0v) is 16.7. The second kappa shape index (κ2) is 6.82. The van der Waals surface area contributed by atoms with E-state index in [4.69, 9.17) is 4.84 Å². The molecule has 0 amide bonds. The zero-order valence-electron chi connectivity index (χ0n) is 16.7. The molecule has 4 aromatic rings. The number of hydrogen-bond acceptors (Lipinski definition) is 2. The van der Waals surface area contributed by atoms with E-state index in [2.05, 4.69) is 110 Å². The first-order valence-electron chi connectivity index (χ1n) is 9.96. The van der Waals surface area contributed by atoms with Crippen molar-refractivity contribution in [1.29, 1.82) is 0 Å². The van der Waals surface area contributed by atoms with Crippen molar-refractivity contribution in [3.63, 3.8) is 0 Å². The number of aryl methyl sites for hydroxylation is 2. The van der Waals surface area contributed by atoms with Crippen LogP contribution in [-0.2, 0) is 5.54 Å². The van der Waals surface area contributed by atoms with Crippen LogP contribution in [0.25, 0.3) is 0 Å². The third-order valence-corrected chi connectivity index (χ3v) is 5.70. The SMILES string of the molecule is Cc1ccc(C2(c3ccc(C)cc3)c3ccccc3ON2c2ccccc2)cc1. The average Bonchev–Trinajstić information content (AvgIpc) is 3.11. The molecule has 0 atom stereocenters. The number of para-hydroxylation sites is 2. The summed E-state index contributed by atoms with van der Waals surface area (Å²) in [6.45, 7) is 4.24. The Bertz CT molecular complexity index is 1090. The van der Waals surface area contributed by atoms with Gasteiger partial charge in [0.1, 0.15) is 0 Å². The normalized spacial score (nSPS) is 14.3. The molecule has 0 saturated heterocycles. The highest BCUT2D eigenvalue weighted by atomic mass is 16.7. The molecule has 0 N–H and O–H groups in total. The lowest BCUT2D eigenvalue weighted by Crippen LogP contribution is -2.45. The highest BCUT2D eigenvalue weighted by Crippen LogP contribution is 2.52. The topological polar surface area (TPSA) is 12.5 Å². The van der Waals surface area contributed by atoms with Crippen LogP contribution < -0.4 is 9.90 Å². The van der Waals surface area contributed by atoms with Gasteiger partial charge in [-0.05, 0) is 43.2 Å². The van der Waals surface area contributed by atoms with Crippen molar-refractivity contribution in [3.8, 4) is 5.75 Å². The molecule has 142 valence electrons. The van der Waals surface area contributed by atoms with E-state index in [1.165, 1.54) is 22.3 Å². The van der Waals surface area contributed by atoms with Gasteiger partial charge in [0, 0.05) is 5.56 Å². The summed E-state index contributed by atoms with van der Waals surface area (Å²) in [6, 6.07) is 36.3. The maximum atomic E-state index is 6.51. The molecule has 4 aromatic carbocycles. The Hall–Kier alpha value is -3.52. The number of hydrogen-bond donors (Lipinski definition) is 0. The molecule has 2 nitrogen and oxygen atoms in total. The summed E-state index contributed by atoms with van der Waals surface area (Å²) >= 11 is 0. The molecule has 0 saturated carbocycles. The number of hydroxylamine groups is 1. The second-order valence-electron chi connectivity index (χ2n) is 7.66. The molecule has 0 spiro atoms. The molecule has 0 aliphatic carbocycles. The van der Waals surface area contributed by atoms with Gasteiger partial charge >= 0.3 is 0 Å². The van der Waals surface area contributed by atoms with Crippen molar-refractivity contribution < 1.29 is 4.84 Å². The number of anilines is 1. The molecule has 1 heterocycles.